The van der Waals surface area contributed by atoms with Crippen molar-refractivity contribution in [1.82, 2.24) is 9.80 Å². The molecule has 1 saturated heterocycles. The number of nitrogens with one attached hydrogen (secondary N) is 1. The Morgan fingerprint density at radius 3 is 2.64 bits per heavy atom. The molecule has 80 valence electrons. The molecule has 1 heterocycles. The molecule has 14 heavy (non-hydrogen) atoms. The summed E-state index contributed by atoms with van der Waals surface area (Å²) in [5, 5.41) is 8.03. The average molecular weight is 195 g/mol. The summed E-state index contributed by atoms with van der Waals surface area (Å²) >= 11 is 0. The minimum absolute atomic E-state index is 0.614. The zero-order chi connectivity index (χ0) is 9.97. The van der Waals surface area contributed by atoms with E-state index in [0.29, 0.717) is 5.92 Å². The van der Waals surface area contributed by atoms with Gasteiger partial charge in [0.15, 0.2) is 0 Å². The van der Waals surface area contributed by atoms with Crippen molar-refractivity contribution >= 4 is 5.84 Å². The number of likely N-dealkylation sites (N-methyl/N-ethyl adjacent to an activating group) is 1. The number of nitrogens with zero attached hydrogens (tertiary/aromatic N) is 2. The van der Waals surface area contributed by atoms with E-state index in [9.17, 15) is 0 Å². The Hall–Kier alpha value is -0.570. The summed E-state index contributed by atoms with van der Waals surface area (Å²) < 4.78 is 0. The van der Waals surface area contributed by atoms with E-state index in [2.05, 4.69) is 16.7 Å². The predicted molar refractivity (Wildman–Crippen MR) is 58.8 cm³/mol. The van der Waals surface area contributed by atoms with Crippen LogP contribution < -0.4 is 0 Å². The van der Waals surface area contributed by atoms with Crippen LogP contribution in [-0.4, -0.2) is 48.4 Å². The summed E-state index contributed by atoms with van der Waals surface area (Å²) in [6.45, 7) is 7.91. The molecule has 1 aliphatic heterocycles. The summed E-state index contributed by atoms with van der Waals surface area (Å²) in [6, 6.07) is 0. The summed E-state index contributed by atoms with van der Waals surface area (Å²) in [6.07, 6.45) is 3.74. The number of rotatable bonds is 2. The second-order valence-electron chi connectivity index (χ2n) is 4.43. The van der Waals surface area contributed by atoms with Gasteiger partial charge in [0, 0.05) is 25.6 Å². The Morgan fingerprint density at radius 1 is 1.21 bits per heavy atom. The topological polar surface area (TPSA) is 30.3 Å². The lowest BCUT2D eigenvalue weighted by molar-refractivity contribution is 0.300. The molecule has 3 nitrogen and oxygen atoms in total. The highest BCUT2D eigenvalue weighted by Gasteiger charge is 2.30. The molecule has 1 N–H and O–H groups in total. The first-order valence-corrected chi connectivity index (χ1v) is 5.87. The van der Waals surface area contributed by atoms with E-state index in [1.54, 1.807) is 0 Å². The molecule has 0 aromatic carbocycles. The largest absolute Gasteiger partial charge is 0.359 e. The quantitative estimate of drug-likeness (QED) is 0.533. The third-order valence-electron chi connectivity index (χ3n) is 3.34. The minimum atomic E-state index is 0.614. The molecule has 0 amide bonds. The Bertz CT molecular complexity index is 211. The van der Waals surface area contributed by atoms with Crippen LogP contribution in [0.1, 0.15) is 26.2 Å². The van der Waals surface area contributed by atoms with Gasteiger partial charge in [0.25, 0.3) is 0 Å². The van der Waals surface area contributed by atoms with Crippen LogP contribution in [0.25, 0.3) is 0 Å². The Kier molecular flexibility index (Phi) is 3.06. The highest BCUT2D eigenvalue weighted by atomic mass is 15.2. The van der Waals surface area contributed by atoms with E-state index in [4.69, 9.17) is 5.41 Å². The predicted octanol–water partition coefficient (Wildman–Crippen LogP) is 1.40. The maximum Gasteiger partial charge on any atom is 0.0989 e. The molecular weight excluding hydrogens is 174 g/mol. The van der Waals surface area contributed by atoms with Crippen molar-refractivity contribution in [3.8, 4) is 0 Å². The van der Waals surface area contributed by atoms with Crippen LogP contribution in [0.2, 0.25) is 0 Å². The van der Waals surface area contributed by atoms with Crippen LogP contribution in [0.5, 0.6) is 0 Å². The van der Waals surface area contributed by atoms with Crippen LogP contribution in [0.4, 0.5) is 0 Å². The SMILES string of the molecule is CCN1CCCN(C(=N)C2CC2)CC1. The van der Waals surface area contributed by atoms with E-state index < -0.39 is 0 Å². The number of hydrogen-bond donors (Lipinski definition) is 1. The van der Waals surface area contributed by atoms with Crippen LogP contribution in [0, 0.1) is 11.3 Å². The first-order chi connectivity index (χ1) is 6.81. The number of hydrogen-bond acceptors (Lipinski definition) is 2. The van der Waals surface area contributed by atoms with Gasteiger partial charge in [-0.3, -0.25) is 5.41 Å². The molecule has 0 aromatic heterocycles. The van der Waals surface area contributed by atoms with E-state index in [1.807, 2.05) is 0 Å². The van der Waals surface area contributed by atoms with Gasteiger partial charge < -0.3 is 9.80 Å². The molecule has 0 bridgehead atoms. The average Bonchev–Trinajstić information content (AvgIpc) is 3.03. The van der Waals surface area contributed by atoms with Crippen molar-refractivity contribution in [2.24, 2.45) is 5.92 Å². The van der Waals surface area contributed by atoms with Crippen molar-refractivity contribution in [1.29, 1.82) is 5.41 Å². The maximum atomic E-state index is 8.03. The Balaban J connectivity index is 1.84. The molecular formula is C11H21N3. The van der Waals surface area contributed by atoms with Crippen molar-refractivity contribution in [3.63, 3.8) is 0 Å². The summed E-state index contributed by atoms with van der Waals surface area (Å²) in [5.74, 6) is 1.53. The Morgan fingerprint density at radius 2 is 2.00 bits per heavy atom. The normalized spacial score (nSPS) is 24.8. The molecule has 0 atom stereocenters. The van der Waals surface area contributed by atoms with Crippen molar-refractivity contribution in [2.75, 3.05) is 32.7 Å². The van der Waals surface area contributed by atoms with Gasteiger partial charge in [0.05, 0.1) is 5.84 Å². The maximum absolute atomic E-state index is 8.03. The third kappa shape index (κ3) is 2.27. The van der Waals surface area contributed by atoms with Gasteiger partial charge in [0.1, 0.15) is 0 Å². The van der Waals surface area contributed by atoms with Gasteiger partial charge in [-0.05, 0) is 32.4 Å². The van der Waals surface area contributed by atoms with Crippen LogP contribution >= 0.6 is 0 Å². The first kappa shape index (κ1) is 9.97. The molecule has 2 fully saturated rings. The number of amidine groups is 1. The molecule has 3 heteroatoms. The van der Waals surface area contributed by atoms with Gasteiger partial charge in [0.2, 0.25) is 0 Å². The van der Waals surface area contributed by atoms with Crippen LogP contribution in [0.3, 0.4) is 0 Å². The highest BCUT2D eigenvalue weighted by molar-refractivity contribution is 5.83. The lowest BCUT2D eigenvalue weighted by Crippen LogP contribution is -2.35. The van der Waals surface area contributed by atoms with Gasteiger partial charge >= 0.3 is 0 Å². The summed E-state index contributed by atoms with van der Waals surface area (Å²) in [4.78, 5) is 4.79. The molecule has 0 unspecified atom stereocenters. The van der Waals surface area contributed by atoms with Gasteiger partial charge in [-0.15, -0.1) is 0 Å². The fourth-order valence-corrected chi connectivity index (χ4v) is 2.14. The minimum Gasteiger partial charge on any atom is -0.359 e. The lowest BCUT2D eigenvalue weighted by Gasteiger charge is -2.23. The molecule has 1 saturated carbocycles. The molecule has 0 spiro atoms. The van der Waals surface area contributed by atoms with E-state index in [1.165, 1.54) is 25.8 Å². The molecule has 0 aromatic rings. The van der Waals surface area contributed by atoms with Crippen molar-refractivity contribution < 1.29 is 0 Å². The molecule has 2 rings (SSSR count). The molecule has 1 aliphatic carbocycles. The van der Waals surface area contributed by atoms with Crippen LogP contribution in [0.15, 0.2) is 0 Å². The fraction of sp³-hybridized carbons (Fsp3) is 0.909. The van der Waals surface area contributed by atoms with Gasteiger partial charge in [-0.1, -0.05) is 6.92 Å². The van der Waals surface area contributed by atoms with E-state index >= 15 is 0 Å². The van der Waals surface area contributed by atoms with E-state index in [0.717, 1.165) is 32.0 Å². The highest BCUT2D eigenvalue weighted by Crippen LogP contribution is 2.31. The first-order valence-electron chi connectivity index (χ1n) is 5.87. The molecule has 2 aliphatic rings. The smallest absolute Gasteiger partial charge is 0.0989 e. The van der Waals surface area contributed by atoms with Gasteiger partial charge in [-0.25, -0.2) is 0 Å². The Labute approximate surface area is 86.6 Å². The summed E-state index contributed by atoms with van der Waals surface area (Å²) in [7, 11) is 0. The second-order valence-corrected chi connectivity index (χ2v) is 4.43. The monoisotopic (exact) mass is 195 g/mol. The van der Waals surface area contributed by atoms with Crippen molar-refractivity contribution in [3.05, 3.63) is 0 Å². The second kappa shape index (κ2) is 4.30. The summed E-state index contributed by atoms with van der Waals surface area (Å²) in [5.41, 5.74) is 0. The molecule has 0 radical (unpaired) electrons. The lowest BCUT2D eigenvalue weighted by atomic mass is 10.3. The van der Waals surface area contributed by atoms with E-state index in [-0.39, 0.29) is 0 Å². The zero-order valence-electron chi connectivity index (χ0n) is 9.13. The fourth-order valence-electron chi connectivity index (χ4n) is 2.14. The zero-order valence-corrected chi connectivity index (χ0v) is 9.13. The van der Waals surface area contributed by atoms with Crippen LogP contribution in [-0.2, 0) is 0 Å². The third-order valence-corrected chi connectivity index (χ3v) is 3.34. The van der Waals surface area contributed by atoms with Crippen molar-refractivity contribution in [2.45, 2.75) is 26.2 Å². The van der Waals surface area contributed by atoms with Gasteiger partial charge in [-0.2, -0.15) is 0 Å². The standard InChI is InChI=1S/C11H21N3/c1-2-13-6-3-7-14(9-8-13)11(12)10-4-5-10/h10,12H,2-9H2,1H3.